The first-order chi connectivity index (χ1) is 11.4. The third-order valence-corrected chi connectivity index (χ3v) is 5.27. The summed E-state index contributed by atoms with van der Waals surface area (Å²) in [5.74, 6) is -0.246. The van der Waals surface area contributed by atoms with Crippen LogP contribution in [0.4, 0.5) is 5.69 Å². The van der Waals surface area contributed by atoms with E-state index < -0.39 is 10.0 Å². The molecule has 0 spiro atoms. The smallest absolute Gasteiger partial charge is 0.243 e. The van der Waals surface area contributed by atoms with Gasteiger partial charge in [0.2, 0.25) is 15.9 Å². The van der Waals surface area contributed by atoms with Gasteiger partial charge in [-0.05, 0) is 18.7 Å². The summed E-state index contributed by atoms with van der Waals surface area (Å²) < 4.78 is 25.3. The Hall–Kier alpha value is -2.11. The van der Waals surface area contributed by atoms with Gasteiger partial charge >= 0.3 is 0 Å². The average Bonchev–Trinajstić information content (AvgIpc) is 2.58. The van der Waals surface area contributed by atoms with Gasteiger partial charge < -0.3 is 9.80 Å². The number of carbonyl (C=O) groups is 1. The van der Waals surface area contributed by atoms with E-state index in [1.165, 1.54) is 6.07 Å². The fourth-order valence-electron chi connectivity index (χ4n) is 2.70. The monoisotopic (exact) mass is 350 g/mol. The molecular formula is C16H22N4O3S. The number of benzene rings is 1. The van der Waals surface area contributed by atoms with E-state index in [0.29, 0.717) is 13.1 Å². The molecule has 1 amide bonds. The standard InChI is InChI=1S/C16H22N4O3S/c1-3-18-8-10-19(11-9-18)16(21)13-20(24(2,22)23)15-7-5-4-6-14(15)12-17/h4-7H,3,8-11,13H2,1-2H3. The predicted octanol–water partition coefficient (Wildman–Crippen LogP) is 0.488. The fourth-order valence-corrected chi connectivity index (χ4v) is 3.56. The van der Waals surface area contributed by atoms with Crippen molar-refractivity contribution in [1.29, 1.82) is 5.26 Å². The SMILES string of the molecule is CCN1CCN(C(=O)CN(c2ccccc2C#N)S(C)(=O)=O)CC1. The lowest BCUT2D eigenvalue weighted by molar-refractivity contribution is -0.131. The van der Waals surface area contributed by atoms with Crippen LogP contribution in [0.25, 0.3) is 0 Å². The Bertz CT molecular complexity index is 734. The second-order valence-electron chi connectivity index (χ2n) is 5.71. The summed E-state index contributed by atoms with van der Waals surface area (Å²) in [6.45, 7) is 5.47. The van der Waals surface area contributed by atoms with Gasteiger partial charge in [0.05, 0.1) is 17.5 Å². The molecule has 130 valence electrons. The van der Waals surface area contributed by atoms with Crippen LogP contribution in [0.5, 0.6) is 0 Å². The highest BCUT2D eigenvalue weighted by atomic mass is 32.2. The number of likely N-dealkylation sites (N-methyl/N-ethyl adjacent to an activating group) is 1. The number of amides is 1. The molecule has 8 heteroatoms. The Kier molecular flexibility index (Phi) is 5.80. The van der Waals surface area contributed by atoms with Gasteiger partial charge in [-0.3, -0.25) is 9.10 Å². The van der Waals surface area contributed by atoms with Crippen molar-refractivity contribution >= 4 is 21.6 Å². The molecular weight excluding hydrogens is 328 g/mol. The summed E-state index contributed by atoms with van der Waals surface area (Å²) in [7, 11) is -3.68. The minimum atomic E-state index is -3.68. The van der Waals surface area contributed by atoms with Gasteiger partial charge in [-0.1, -0.05) is 19.1 Å². The summed E-state index contributed by atoms with van der Waals surface area (Å²) in [4.78, 5) is 16.5. The number of hydrogen-bond acceptors (Lipinski definition) is 5. The van der Waals surface area contributed by atoms with Crippen LogP contribution in [0.1, 0.15) is 12.5 Å². The predicted molar refractivity (Wildman–Crippen MR) is 92.0 cm³/mol. The molecule has 1 aromatic carbocycles. The van der Waals surface area contributed by atoms with Crippen molar-refractivity contribution in [3.05, 3.63) is 29.8 Å². The lowest BCUT2D eigenvalue weighted by atomic mass is 10.2. The van der Waals surface area contributed by atoms with E-state index in [0.717, 1.165) is 30.2 Å². The normalized spacial score (nSPS) is 15.8. The van der Waals surface area contributed by atoms with Crippen molar-refractivity contribution in [1.82, 2.24) is 9.80 Å². The average molecular weight is 350 g/mol. The van der Waals surface area contributed by atoms with Gasteiger partial charge in [0.1, 0.15) is 12.6 Å². The molecule has 1 saturated heterocycles. The molecule has 0 aliphatic carbocycles. The number of anilines is 1. The van der Waals surface area contributed by atoms with E-state index in [2.05, 4.69) is 11.8 Å². The van der Waals surface area contributed by atoms with Crippen molar-refractivity contribution in [3.63, 3.8) is 0 Å². The Labute approximate surface area is 143 Å². The molecule has 0 saturated carbocycles. The van der Waals surface area contributed by atoms with Crippen LogP contribution in [-0.4, -0.2) is 69.6 Å². The zero-order chi connectivity index (χ0) is 17.7. The molecule has 0 atom stereocenters. The second kappa shape index (κ2) is 7.64. The van der Waals surface area contributed by atoms with Gasteiger partial charge in [0, 0.05) is 26.2 Å². The van der Waals surface area contributed by atoms with Gasteiger partial charge in [0.25, 0.3) is 0 Å². The number of piperazine rings is 1. The maximum Gasteiger partial charge on any atom is 0.243 e. The van der Waals surface area contributed by atoms with Crippen molar-refractivity contribution in [3.8, 4) is 6.07 Å². The summed E-state index contributed by atoms with van der Waals surface area (Å²) in [6.07, 6.45) is 1.05. The molecule has 2 rings (SSSR count). The Morgan fingerprint density at radius 3 is 2.42 bits per heavy atom. The summed E-state index contributed by atoms with van der Waals surface area (Å²) in [5.41, 5.74) is 0.467. The lowest BCUT2D eigenvalue weighted by Gasteiger charge is -2.35. The van der Waals surface area contributed by atoms with Gasteiger partial charge in [0.15, 0.2) is 0 Å². The van der Waals surface area contributed by atoms with Crippen molar-refractivity contribution in [2.45, 2.75) is 6.92 Å². The Morgan fingerprint density at radius 2 is 1.88 bits per heavy atom. The molecule has 1 heterocycles. The van der Waals surface area contributed by atoms with Gasteiger partial charge in [-0.25, -0.2) is 8.42 Å². The molecule has 1 fully saturated rings. The number of nitrogens with zero attached hydrogens (tertiary/aromatic N) is 4. The molecule has 0 bridgehead atoms. The van der Waals surface area contributed by atoms with Crippen LogP contribution in [0, 0.1) is 11.3 Å². The van der Waals surface area contributed by atoms with Crippen molar-refractivity contribution in [2.75, 3.05) is 49.8 Å². The zero-order valence-corrected chi connectivity index (χ0v) is 14.8. The van der Waals surface area contributed by atoms with E-state index in [1.54, 1.807) is 23.1 Å². The van der Waals surface area contributed by atoms with E-state index in [9.17, 15) is 18.5 Å². The molecule has 7 nitrogen and oxygen atoms in total. The number of nitriles is 1. The minimum absolute atomic E-state index is 0.228. The third kappa shape index (κ3) is 4.24. The highest BCUT2D eigenvalue weighted by Crippen LogP contribution is 2.22. The largest absolute Gasteiger partial charge is 0.339 e. The van der Waals surface area contributed by atoms with Crippen LogP contribution in [0.3, 0.4) is 0 Å². The van der Waals surface area contributed by atoms with E-state index in [1.807, 2.05) is 6.07 Å². The number of rotatable bonds is 5. The summed E-state index contributed by atoms with van der Waals surface area (Å²) in [6, 6.07) is 8.37. The van der Waals surface area contributed by atoms with E-state index >= 15 is 0 Å². The summed E-state index contributed by atoms with van der Waals surface area (Å²) in [5, 5.41) is 9.20. The number of carbonyl (C=O) groups excluding carboxylic acids is 1. The van der Waals surface area contributed by atoms with E-state index in [-0.39, 0.29) is 23.7 Å². The molecule has 1 aliphatic rings. The molecule has 0 unspecified atom stereocenters. The van der Waals surface area contributed by atoms with Crippen LogP contribution < -0.4 is 4.31 Å². The lowest BCUT2D eigenvalue weighted by Crippen LogP contribution is -2.51. The fraction of sp³-hybridized carbons (Fsp3) is 0.500. The minimum Gasteiger partial charge on any atom is -0.339 e. The zero-order valence-electron chi connectivity index (χ0n) is 14.0. The van der Waals surface area contributed by atoms with Crippen molar-refractivity contribution in [2.24, 2.45) is 0 Å². The molecule has 1 aliphatic heterocycles. The van der Waals surface area contributed by atoms with Crippen LogP contribution in [0.15, 0.2) is 24.3 Å². The molecule has 0 aromatic heterocycles. The maximum absolute atomic E-state index is 12.5. The molecule has 24 heavy (non-hydrogen) atoms. The van der Waals surface area contributed by atoms with Crippen LogP contribution in [-0.2, 0) is 14.8 Å². The third-order valence-electron chi connectivity index (χ3n) is 4.14. The highest BCUT2D eigenvalue weighted by molar-refractivity contribution is 7.92. The highest BCUT2D eigenvalue weighted by Gasteiger charge is 2.27. The number of para-hydroxylation sites is 1. The summed E-state index contributed by atoms with van der Waals surface area (Å²) >= 11 is 0. The number of sulfonamides is 1. The van der Waals surface area contributed by atoms with Gasteiger partial charge in [-0.15, -0.1) is 0 Å². The van der Waals surface area contributed by atoms with Crippen LogP contribution in [0.2, 0.25) is 0 Å². The Morgan fingerprint density at radius 1 is 1.25 bits per heavy atom. The van der Waals surface area contributed by atoms with Crippen molar-refractivity contribution < 1.29 is 13.2 Å². The second-order valence-corrected chi connectivity index (χ2v) is 7.62. The quantitative estimate of drug-likeness (QED) is 0.771. The maximum atomic E-state index is 12.5. The van der Waals surface area contributed by atoms with Crippen LogP contribution >= 0.6 is 0 Å². The van der Waals surface area contributed by atoms with E-state index in [4.69, 9.17) is 0 Å². The first kappa shape index (κ1) is 18.2. The molecule has 0 radical (unpaired) electrons. The first-order valence-electron chi connectivity index (χ1n) is 7.83. The Balaban J connectivity index is 2.19. The van der Waals surface area contributed by atoms with Gasteiger partial charge in [-0.2, -0.15) is 5.26 Å². The first-order valence-corrected chi connectivity index (χ1v) is 9.68. The topological polar surface area (TPSA) is 84.7 Å². The molecule has 0 N–H and O–H groups in total. The molecule has 1 aromatic rings. The number of hydrogen-bond donors (Lipinski definition) is 0.